The predicted octanol–water partition coefficient (Wildman–Crippen LogP) is 0.827. The second kappa shape index (κ2) is 7.73. The van der Waals surface area contributed by atoms with Crippen molar-refractivity contribution in [2.24, 2.45) is 0 Å². The molecule has 118 valence electrons. The molecule has 0 N–H and O–H groups in total. The summed E-state index contributed by atoms with van der Waals surface area (Å²) >= 11 is 0. The summed E-state index contributed by atoms with van der Waals surface area (Å²) in [6.45, 7) is 7.71. The van der Waals surface area contributed by atoms with Gasteiger partial charge in [0, 0.05) is 71.8 Å². The summed E-state index contributed by atoms with van der Waals surface area (Å²) in [6, 6.07) is 4.25. The maximum atomic E-state index is 4.54. The van der Waals surface area contributed by atoms with Crippen LogP contribution >= 0.6 is 0 Å². The molecule has 0 radical (unpaired) electrons. The van der Waals surface area contributed by atoms with Gasteiger partial charge >= 0.3 is 0 Å². The van der Waals surface area contributed by atoms with E-state index < -0.39 is 0 Å². The minimum atomic E-state index is 0.934. The van der Waals surface area contributed by atoms with Crippen LogP contribution in [0.25, 0.3) is 0 Å². The van der Waals surface area contributed by atoms with Crippen molar-refractivity contribution in [2.75, 3.05) is 72.4 Å². The third-order valence-electron chi connectivity index (χ3n) is 4.16. The molecule has 0 aliphatic carbocycles. The lowest BCUT2D eigenvalue weighted by Gasteiger charge is -2.24. The number of nitrogens with zero attached hydrogens (tertiary/aromatic N) is 5. The molecule has 2 rings (SSSR count). The Balaban J connectivity index is 2.00. The number of aromatic nitrogens is 1. The van der Waals surface area contributed by atoms with Crippen LogP contribution < -0.4 is 4.90 Å². The minimum absolute atomic E-state index is 0.934. The summed E-state index contributed by atoms with van der Waals surface area (Å²) < 4.78 is 0. The molecule has 0 amide bonds. The Hall–Kier alpha value is -1.17. The Bertz CT molecular complexity index is 420. The Morgan fingerprint density at radius 1 is 1.00 bits per heavy atom. The summed E-state index contributed by atoms with van der Waals surface area (Å²) in [5, 5.41) is 0. The van der Waals surface area contributed by atoms with Crippen molar-refractivity contribution < 1.29 is 0 Å². The van der Waals surface area contributed by atoms with Gasteiger partial charge in [-0.2, -0.15) is 0 Å². The average molecular weight is 291 g/mol. The van der Waals surface area contributed by atoms with Crippen molar-refractivity contribution in [2.45, 2.75) is 6.54 Å². The van der Waals surface area contributed by atoms with Gasteiger partial charge in [0.1, 0.15) is 0 Å². The molecule has 5 nitrogen and oxygen atoms in total. The van der Waals surface area contributed by atoms with Crippen LogP contribution in [-0.2, 0) is 6.54 Å². The molecule has 1 aromatic heterocycles. The first-order chi connectivity index (χ1) is 10.0. The minimum Gasteiger partial charge on any atom is -0.378 e. The number of anilines is 1. The van der Waals surface area contributed by atoms with Crippen LogP contribution in [0.5, 0.6) is 0 Å². The van der Waals surface area contributed by atoms with Crippen molar-refractivity contribution in [3.8, 4) is 0 Å². The standard InChI is InChI=1S/C16H29N5/c1-18(2)16-5-6-17-15(13-16)14-21-11-9-19(3)7-8-20(4)10-12-21/h5-6,13H,7-12,14H2,1-4H3. The monoisotopic (exact) mass is 291 g/mol. The summed E-state index contributed by atoms with van der Waals surface area (Å²) in [7, 11) is 8.57. The quantitative estimate of drug-likeness (QED) is 0.822. The van der Waals surface area contributed by atoms with E-state index in [1.165, 1.54) is 5.69 Å². The van der Waals surface area contributed by atoms with Gasteiger partial charge < -0.3 is 14.7 Å². The zero-order chi connectivity index (χ0) is 15.2. The van der Waals surface area contributed by atoms with E-state index in [0.717, 1.165) is 51.5 Å². The predicted molar refractivity (Wildman–Crippen MR) is 88.8 cm³/mol. The van der Waals surface area contributed by atoms with Crippen molar-refractivity contribution >= 4 is 5.69 Å². The lowest BCUT2D eigenvalue weighted by Crippen LogP contribution is -2.34. The van der Waals surface area contributed by atoms with Crippen molar-refractivity contribution in [3.63, 3.8) is 0 Å². The number of hydrogen-bond acceptors (Lipinski definition) is 5. The highest BCUT2D eigenvalue weighted by molar-refractivity contribution is 5.44. The largest absolute Gasteiger partial charge is 0.378 e. The molecule has 0 saturated carbocycles. The second-order valence-electron chi connectivity index (χ2n) is 6.28. The summed E-state index contributed by atoms with van der Waals surface area (Å²) in [5.41, 5.74) is 2.38. The normalized spacial score (nSPS) is 19.8. The molecule has 0 bridgehead atoms. The molecular formula is C16H29N5. The van der Waals surface area contributed by atoms with Crippen LogP contribution in [0.2, 0.25) is 0 Å². The fourth-order valence-electron chi connectivity index (χ4n) is 2.52. The highest BCUT2D eigenvalue weighted by Crippen LogP contribution is 2.13. The fraction of sp³-hybridized carbons (Fsp3) is 0.688. The van der Waals surface area contributed by atoms with E-state index in [4.69, 9.17) is 0 Å². The van der Waals surface area contributed by atoms with Gasteiger partial charge in [-0.15, -0.1) is 0 Å². The highest BCUT2D eigenvalue weighted by atomic mass is 15.2. The van der Waals surface area contributed by atoms with Crippen molar-refractivity contribution in [1.82, 2.24) is 19.7 Å². The molecule has 5 heteroatoms. The molecule has 2 heterocycles. The molecule has 1 aliphatic rings. The smallest absolute Gasteiger partial charge is 0.0564 e. The van der Waals surface area contributed by atoms with Crippen molar-refractivity contribution in [1.29, 1.82) is 0 Å². The zero-order valence-corrected chi connectivity index (χ0v) is 13.9. The van der Waals surface area contributed by atoms with Gasteiger partial charge in [-0.25, -0.2) is 0 Å². The van der Waals surface area contributed by atoms with Gasteiger partial charge in [-0.3, -0.25) is 9.88 Å². The Kier molecular flexibility index (Phi) is 5.96. The average Bonchev–Trinajstić information content (AvgIpc) is 2.54. The first-order valence-corrected chi connectivity index (χ1v) is 7.76. The third-order valence-corrected chi connectivity index (χ3v) is 4.16. The molecule has 0 spiro atoms. The van der Waals surface area contributed by atoms with E-state index in [9.17, 15) is 0 Å². The van der Waals surface area contributed by atoms with Crippen molar-refractivity contribution in [3.05, 3.63) is 24.0 Å². The van der Waals surface area contributed by atoms with Gasteiger partial charge in [-0.1, -0.05) is 0 Å². The van der Waals surface area contributed by atoms with Crippen LogP contribution in [0, 0.1) is 0 Å². The molecule has 1 aromatic rings. The molecule has 1 aliphatic heterocycles. The van der Waals surface area contributed by atoms with Crippen LogP contribution in [-0.4, -0.2) is 87.1 Å². The molecule has 0 atom stereocenters. The van der Waals surface area contributed by atoms with E-state index in [0.29, 0.717) is 0 Å². The van der Waals surface area contributed by atoms with E-state index in [1.807, 2.05) is 6.20 Å². The zero-order valence-electron chi connectivity index (χ0n) is 13.9. The molecule has 0 aromatic carbocycles. The van der Waals surface area contributed by atoms with Gasteiger partial charge in [0.2, 0.25) is 0 Å². The van der Waals surface area contributed by atoms with Gasteiger partial charge in [0.05, 0.1) is 5.69 Å². The lowest BCUT2D eigenvalue weighted by molar-refractivity contribution is 0.226. The number of likely N-dealkylation sites (N-methyl/N-ethyl adjacent to an activating group) is 2. The molecule has 1 fully saturated rings. The maximum absolute atomic E-state index is 4.54. The van der Waals surface area contributed by atoms with Crippen LogP contribution in [0.3, 0.4) is 0 Å². The number of pyridine rings is 1. The van der Waals surface area contributed by atoms with Gasteiger partial charge in [-0.05, 0) is 26.2 Å². The van der Waals surface area contributed by atoms with Crippen LogP contribution in [0.1, 0.15) is 5.69 Å². The molecule has 0 unspecified atom stereocenters. The van der Waals surface area contributed by atoms with Crippen LogP contribution in [0.15, 0.2) is 18.3 Å². The van der Waals surface area contributed by atoms with E-state index in [2.05, 4.69) is 64.9 Å². The Morgan fingerprint density at radius 2 is 1.57 bits per heavy atom. The van der Waals surface area contributed by atoms with Crippen LogP contribution in [0.4, 0.5) is 5.69 Å². The second-order valence-corrected chi connectivity index (χ2v) is 6.28. The topological polar surface area (TPSA) is 25.9 Å². The Labute approximate surface area is 129 Å². The Morgan fingerprint density at radius 3 is 2.14 bits per heavy atom. The van der Waals surface area contributed by atoms with E-state index in [1.54, 1.807) is 0 Å². The summed E-state index contributed by atoms with van der Waals surface area (Å²) in [5.74, 6) is 0. The number of hydrogen-bond donors (Lipinski definition) is 0. The summed E-state index contributed by atoms with van der Waals surface area (Å²) in [6.07, 6.45) is 1.92. The first kappa shape index (κ1) is 16.2. The lowest BCUT2D eigenvalue weighted by atomic mass is 10.2. The van der Waals surface area contributed by atoms with Gasteiger partial charge in [0.15, 0.2) is 0 Å². The molecular weight excluding hydrogens is 262 g/mol. The SMILES string of the molecule is CN1CCN(C)CCN(Cc2cc(N(C)C)ccn2)CC1. The third kappa shape index (κ3) is 5.26. The summed E-state index contributed by atoms with van der Waals surface area (Å²) in [4.78, 5) is 14.0. The fourth-order valence-corrected chi connectivity index (χ4v) is 2.52. The van der Waals surface area contributed by atoms with E-state index in [-0.39, 0.29) is 0 Å². The first-order valence-electron chi connectivity index (χ1n) is 7.76. The van der Waals surface area contributed by atoms with Gasteiger partial charge in [0.25, 0.3) is 0 Å². The van der Waals surface area contributed by atoms with E-state index >= 15 is 0 Å². The number of rotatable bonds is 3. The molecule has 1 saturated heterocycles. The highest BCUT2D eigenvalue weighted by Gasteiger charge is 2.13. The maximum Gasteiger partial charge on any atom is 0.0564 e. The molecule has 21 heavy (non-hydrogen) atoms.